The fraction of sp³-hybridized carbons (Fsp3) is 0.200. The van der Waals surface area contributed by atoms with E-state index in [0.717, 1.165) is 0 Å². The van der Waals surface area contributed by atoms with Crippen LogP contribution in [0.15, 0.2) is 60.2 Å². The number of aromatic nitrogens is 5. The van der Waals surface area contributed by atoms with Crippen LogP contribution in [-0.4, -0.2) is 29.4 Å². The van der Waals surface area contributed by atoms with Gasteiger partial charge in [-0.3, -0.25) is 9.36 Å². The van der Waals surface area contributed by atoms with E-state index in [4.69, 9.17) is 34.8 Å². The summed E-state index contributed by atoms with van der Waals surface area (Å²) in [6, 6.07) is 8.90. The van der Waals surface area contributed by atoms with Gasteiger partial charge in [0, 0.05) is 20.6 Å². The zero-order chi connectivity index (χ0) is 21.5. The molecular formula is C20H16Cl3N5O2. The summed E-state index contributed by atoms with van der Waals surface area (Å²) in [5.41, 5.74) is -1.06. The molecule has 2 heterocycles. The largest absolute Gasteiger partial charge is 0.381 e. The molecule has 0 spiro atoms. The van der Waals surface area contributed by atoms with E-state index in [1.807, 2.05) is 0 Å². The van der Waals surface area contributed by atoms with Crippen molar-refractivity contribution in [2.75, 3.05) is 0 Å². The number of halogens is 3. The summed E-state index contributed by atoms with van der Waals surface area (Å²) in [6.45, 7) is 1.72. The molecule has 2 unspecified atom stereocenters. The fourth-order valence-electron chi connectivity index (χ4n) is 3.46. The Labute approximate surface area is 186 Å². The van der Waals surface area contributed by atoms with E-state index in [1.165, 1.54) is 28.2 Å². The van der Waals surface area contributed by atoms with Gasteiger partial charge in [-0.1, -0.05) is 40.9 Å². The molecule has 30 heavy (non-hydrogen) atoms. The first kappa shape index (κ1) is 20.8. The molecule has 4 aromatic rings. The second-order valence-electron chi connectivity index (χ2n) is 6.94. The average Bonchev–Trinajstić information content (AvgIpc) is 3.20. The molecule has 0 fully saturated rings. The molecule has 0 aliphatic rings. The second kappa shape index (κ2) is 8.00. The van der Waals surface area contributed by atoms with Crippen LogP contribution >= 0.6 is 34.8 Å². The third-order valence-electron chi connectivity index (χ3n) is 5.12. The molecule has 2 aromatic heterocycles. The quantitative estimate of drug-likeness (QED) is 0.481. The number of rotatable bonds is 5. The molecule has 10 heteroatoms. The predicted octanol–water partition coefficient (Wildman–Crippen LogP) is 4.10. The van der Waals surface area contributed by atoms with Crippen molar-refractivity contribution in [3.63, 3.8) is 0 Å². The van der Waals surface area contributed by atoms with Crippen molar-refractivity contribution in [3.8, 4) is 0 Å². The van der Waals surface area contributed by atoms with Gasteiger partial charge in [0.2, 0.25) is 0 Å². The smallest absolute Gasteiger partial charge is 0.261 e. The Bertz CT molecular complexity index is 1280. The molecule has 0 saturated carbocycles. The standard InChI is InChI=1S/C20H16Cl3N5O2/c1-12(28-11-25-18-7-14(22)2-4-15(18)19(28)29)20(30,8-27-10-24-9-26-27)16-5-3-13(21)6-17(16)23/h2-7,9-12,30H,8H2,1H3. The number of fused-ring (bicyclic) bond motifs is 1. The van der Waals surface area contributed by atoms with Crippen molar-refractivity contribution in [2.24, 2.45) is 0 Å². The van der Waals surface area contributed by atoms with Crippen LogP contribution in [0.25, 0.3) is 10.9 Å². The van der Waals surface area contributed by atoms with Crippen molar-refractivity contribution in [2.45, 2.75) is 25.1 Å². The van der Waals surface area contributed by atoms with Crippen LogP contribution in [-0.2, 0) is 12.1 Å². The van der Waals surface area contributed by atoms with Crippen molar-refractivity contribution in [3.05, 3.63) is 86.4 Å². The highest BCUT2D eigenvalue weighted by Gasteiger charge is 2.40. The minimum Gasteiger partial charge on any atom is -0.381 e. The number of nitrogens with zero attached hydrogens (tertiary/aromatic N) is 5. The molecule has 2 atom stereocenters. The number of aliphatic hydroxyl groups is 1. The van der Waals surface area contributed by atoms with Gasteiger partial charge in [0.15, 0.2) is 0 Å². The highest BCUT2D eigenvalue weighted by Crippen LogP contribution is 2.39. The van der Waals surface area contributed by atoms with Crippen molar-refractivity contribution < 1.29 is 5.11 Å². The molecule has 0 radical (unpaired) electrons. The maximum absolute atomic E-state index is 13.2. The molecule has 0 aliphatic heterocycles. The number of hydrogen-bond acceptors (Lipinski definition) is 5. The van der Waals surface area contributed by atoms with Gasteiger partial charge in [0.05, 0.1) is 29.8 Å². The monoisotopic (exact) mass is 463 g/mol. The Morgan fingerprint density at radius 3 is 2.53 bits per heavy atom. The molecule has 0 saturated heterocycles. The van der Waals surface area contributed by atoms with Crippen LogP contribution in [0, 0.1) is 0 Å². The Morgan fingerprint density at radius 2 is 1.83 bits per heavy atom. The lowest BCUT2D eigenvalue weighted by Gasteiger charge is -2.36. The summed E-state index contributed by atoms with van der Waals surface area (Å²) >= 11 is 18.5. The number of hydrogen-bond donors (Lipinski definition) is 1. The SMILES string of the molecule is CC(n1cnc2cc(Cl)ccc2c1=O)C(O)(Cn1cncn1)c1ccc(Cl)cc1Cl. The Morgan fingerprint density at radius 1 is 1.10 bits per heavy atom. The van der Waals surface area contributed by atoms with Gasteiger partial charge >= 0.3 is 0 Å². The van der Waals surface area contributed by atoms with E-state index >= 15 is 0 Å². The molecule has 0 bridgehead atoms. The zero-order valence-electron chi connectivity index (χ0n) is 15.7. The highest BCUT2D eigenvalue weighted by atomic mass is 35.5. The Balaban J connectivity index is 1.88. The van der Waals surface area contributed by atoms with Crippen LogP contribution in [0.3, 0.4) is 0 Å². The lowest BCUT2D eigenvalue weighted by Crippen LogP contribution is -2.43. The van der Waals surface area contributed by atoms with Gasteiger partial charge in [-0.25, -0.2) is 14.6 Å². The topological polar surface area (TPSA) is 85.8 Å². The third kappa shape index (κ3) is 3.70. The highest BCUT2D eigenvalue weighted by molar-refractivity contribution is 6.35. The van der Waals surface area contributed by atoms with Crippen LogP contribution < -0.4 is 5.56 Å². The Kier molecular flexibility index (Phi) is 5.55. The second-order valence-corrected chi connectivity index (χ2v) is 8.22. The summed E-state index contributed by atoms with van der Waals surface area (Å²) in [6.07, 6.45) is 4.23. The summed E-state index contributed by atoms with van der Waals surface area (Å²) in [4.78, 5) is 21.5. The van der Waals surface area contributed by atoms with Crippen LogP contribution in [0.1, 0.15) is 18.5 Å². The zero-order valence-corrected chi connectivity index (χ0v) is 18.0. The minimum absolute atomic E-state index is 0.000609. The molecule has 4 rings (SSSR count). The fourth-order valence-corrected chi connectivity index (χ4v) is 4.20. The number of benzene rings is 2. The maximum atomic E-state index is 13.2. The predicted molar refractivity (Wildman–Crippen MR) is 116 cm³/mol. The van der Waals surface area contributed by atoms with E-state index < -0.39 is 11.6 Å². The minimum atomic E-state index is -1.62. The maximum Gasteiger partial charge on any atom is 0.261 e. The molecule has 2 aromatic carbocycles. The van der Waals surface area contributed by atoms with Gasteiger partial charge in [-0.05, 0) is 37.3 Å². The van der Waals surface area contributed by atoms with E-state index in [9.17, 15) is 9.90 Å². The van der Waals surface area contributed by atoms with E-state index in [0.29, 0.717) is 26.5 Å². The normalized spacial score (nSPS) is 14.6. The van der Waals surface area contributed by atoms with Crippen molar-refractivity contribution in [1.29, 1.82) is 0 Å². The van der Waals surface area contributed by atoms with E-state index in [1.54, 1.807) is 43.3 Å². The van der Waals surface area contributed by atoms with Crippen LogP contribution in [0.2, 0.25) is 15.1 Å². The van der Waals surface area contributed by atoms with Gasteiger partial charge in [-0.2, -0.15) is 5.10 Å². The summed E-state index contributed by atoms with van der Waals surface area (Å²) in [5, 5.41) is 17.5. The summed E-state index contributed by atoms with van der Waals surface area (Å²) in [7, 11) is 0. The van der Waals surface area contributed by atoms with Crippen molar-refractivity contribution in [1.82, 2.24) is 24.3 Å². The van der Waals surface area contributed by atoms with Gasteiger partial charge in [0.25, 0.3) is 5.56 Å². The van der Waals surface area contributed by atoms with E-state index in [2.05, 4.69) is 15.1 Å². The van der Waals surface area contributed by atoms with Crippen LogP contribution in [0.4, 0.5) is 0 Å². The van der Waals surface area contributed by atoms with Gasteiger partial charge in [0.1, 0.15) is 18.3 Å². The van der Waals surface area contributed by atoms with Crippen molar-refractivity contribution >= 4 is 45.7 Å². The summed E-state index contributed by atoms with van der Waals surface area (Å²) in [5.74, 6) is 0. The molecule has 7 nitrogen and oxygen atoms in total. The van der Waals surface area contributed by atoms with Gasteiger partial charge < -0.3 is 5.11 Å². The first-order valence-corrected chi connectivity index (χ1v) is 10.1. The molecule has 154 valence electrons. The van der Waals surface area contributed by atoms with E-state index in [-0.39, 0.29) is 17.1 Å². The summed E-state index contributed by atoms with van der Waals surface area (Å²) < 4.78 is 2.85. The first-order chi connectivity index (χ1) is 14.3. The van der Waals surface area contributed by atoms with Gasteiger partial charge in [-0.15, -0.1) is 0 Å². The lowest BCUT2D eigenvalue weighted by molar-refractivity contribution is -0.0313. The third-order valence-corrected chi connectivity index (χ3v) is 5.90. The molecule has 1 N–H and O–H groups in total. The molecule has 0 aliphatic carbocycles. The lowest BCUT2D eigenvalue weighted by atomic mass is 9.86. The molecule has 0 amide bonds. The Hall–Kier alpha value is -2.45. The average molecular weight is 465 g/mol. The first-order valence-electron chi connectivity index (χ1n) is 8.96. The molecular weight excluding hydrogens is 449 g/mol. The van der Waals surface area contributed by atoms with Crippen LogP contribution in [0.5, 0.6) is 0 Å².